The number of hydrogen-bond donors (Lipinski definition) is 0. The third-order valence-electron chi connectivity index (χ3n) is 3.25. The smallest absolute Gasteiger partial charge is 0.344 e. The molecule has 6 nitrogen and oxygen atoms in total. The Bertz CT molecular complexity index is 815. The van der Waals surface area contributed by atoms with Crippen molar-refractivity contribution in [2.24, 2.45) is 0 Å². The van der Waals surface area contributed by atoms with Gasteiger partial charge in [0.25, 0.3) is 0 Å². The van der Waals surface area contributed by atoms with Crippen molar-refractivity contribution < 1.29 is 18.8 Å². The highest BCUT2D eigenvalue weighted by Gasteiger charge is 2.16. The first-order chi connectivity index (χ1) is 11.8. The summed E-state index contributed by atoms with van der Waals surface area (Å²) in [5.74, 6) is 0.195. The van der Waals surface area contributed by atoms with Crippen molar-refractivity contribution >= 4 is 5.97 Å². The zero-order valence-electron chi connectivity index (χ0n) is 13.1. The fourth-order valence-corrected chi connectivity index (χ4v) is 2.14. The Morgan fingerprint density at radius 2 is 2.00 bits per heavy atom. The highest BCUT2D eigenvalue weighted by Crippen LogP contribution is 2.20. The molecule has 0 aliphatic carbocycles. The van der Waals surface area contributed by atoms with Crippen molar-refractivity contribution in [2.45, 2.75) is 13.5 Å². The van der Waals surface area contributed by atoms with Crippen molar-refractivity contribution in [3.05, 3.63) is 66.1 Å². The number of rotatable bonds is 6. The van der Waals surface area contributed by atoms with Crippen LogP contribution in [0.3, 0.4) is 0 Å². The lowest BCUT2D eigenvalue weighted by molar-refractivity contribution is 0.0432. The number of ether oxygens (including phenoxy) is 2. The van der Waals surface area contributed by atoms with Gasteiger partial charge in [-0.15, -0.1) is 0 Å². The van der Waals surface area contributed by atoms with E-state index in [4.69, 9.17) is 14.0 Å². The average Bonchev–Trinajstić information content (AvgIpc) is 3.10. The zero-order valence-corrected chi connectivity index (χ0v) is 13.1. The molecule has 0 saturated heterocycles. The van der Waals surface area contributed by atoms with Gasteiger partial charge in [-0.25, -0.2) is 9.78 Å². The molecule has 0 unspecified atom stereocenters. The van der Waals surface area contributed by atoms with Crippen molar-refractivity contribution in [1.82, 2.24) is 10.1 Å². The second kappa shape index (κ2) is 7.41. The average molecular weight is 324 g/mol. The van der Waals surface area contributed by atoms with Gasteiger partial charge in [0.15, 0.2) is 12.4 Å². The third kappa shape index (κ3) is 3.60. The van der Waals surface area contributed by atoms with Crippen LogP contribution in [0.25, 0.3) is 11.3 Å². The predicted molar refractivity (Wildman–Crippen MR) is 86.5 cm³/mol. The summed E-state index contributed by atoms with van der Waals surface area (Å²) in [7, 11) is 0. The maximum absolute atomic E-state index is 12.2. The molecule has 24 heavy (non-hydrogen) atoms. The Balaban J connectivity index is 1.66. The fraction of sp³-hybridized carbons (Fsp3) is 0.167. The van der Waals surface area contributed by atoms with Crippen LogP contribution in [0, 0.1) is 0 Å². The van der Waals surface area contributed by atoms with E-state index < -0.39 is 5.97 Å². The van der Waals surface area contributed by atoms with Gasteiger partial charge < -0.3 is 14.0 Å². The van der Waals surface area contributed by atoms with Gasteiger partial charge in [-0.2, -0.15) is 0 Å². The van der Waals surface area contributed by atoms with E-state index in [1.165, 1.54) is 0 Å². The van der Waals surface area contributed by atoms with E-state index in [9.17, 15) is 4.79 Å². The topological polar surface area (TPSA) is 74.5 Å². The maximum atomic E-state index is 12.2. The molecule has 122 valence electrons. The number of benzene rings is 1. The number of hydrogen-bond acceptors (Lipinski definition) is 6. The molecule has 0 saturated carbocycles. The molecule has 0 bridgehead atoms. The Morgan fingerprint density at radius 3 is 2.79 bits per heavy atom. The van der Waals surface area contributed by atoms with Crippen LogP contribution < -0.4 is 4.74 Å². The van der Waals surface area contributed by atoms with Gasteiger partial charge in [0, 0.05) is 17.8 Å². The molecule has 3 aromatic rings. The number of aromatic nitrogens is 2. The molecule has 6 heteroatoms. The molecule has 1 aromatic carbocycles. The van der Waals surface area contributed by atoms with E-state index in [1.54, 1.807) is 24.4 Å². The third-order valence-corrected chi connectivity index (χ3v) is 3.25. The molecule has 0 aliphatic heterocycles. The van der Waals surface area contributed by atoms with E-state index in [2.05, 4.69) is 10.1 Å². The van der Waals surface area contributed by atoms with Gasteiger partial charge in [0.2, 0.25) is 5.88 Å². The van der Waals surface area contributed by atoms with Crippen LogP contribution >= 0.6 is 0 Å². The van der Waals surface area contributed by atoms with Crippen molar-refractivity contribution in [3.8, 4) is 17.1 Å². The van der Waals surface area contributed by atoms with Crippen LogP contribution in [0.15, 0.2) is 59.3 Å². The number of carbonyl (C=O) groups excluding carboxylic acids is 1. The minimum Gasteiger partial charge on any atom is -0.477 e. The first-order valence-corrected chi connectivity index (χ1v) is 7.54. The van der Waals surface area contributed by atoms with E-state index in [0.29, 0.717) is 18.1 Å². The maximum Gasteiger partial charge on any atom is 0.344 e. The summed E-state index contributed by atoms with van der Waals surface area (Å²) in [6.07, 6.45) is 1.56. The highest BCUT2D eigenvalue weighted by atomic mass is 16.6. The molecule has 0 spiro atoms. The first kappa shape index (κ1) is 15.7. The normalized spacial score (nSPS) is 10.4. The van der Waals surface area contributed by atoms with Gasteiger partial charge >= 0.3 is 5.97 Å². The minimum absolute atomic E-state index is 0.0148. The molecule has 0 N–H and O–H groups in total. The van der Waals surface area contributed by atoms with Crippen molar-refractivity contribution in [1.29, 1.82) is 0 Å². The summed E-state index contributed by atoms with van der Waals surface area (Å²) >= 11 is 0. The molecular weight excluding hydrogens is 308 g/mol. The van der Waals surface area contributed by atoms with Crippen LogP contribution in [0.1, 0.15) is 23.0 Å². The number of nitrogens with zero attached hydrogens (tertiary/aromatic N) is 2. The summed E-state index contributed by atoms with van der Waals surface area (Å²) in [6, 6.07) is 14.6. The number of pyridine rings is 1. The number of carbonyl (C=O) groups is 1. The van der Waals surface area contributed by atoms with Crippen molar-refractivity contribution in [2.75, 3.05) is 6.61 Å². The van der Waals surface area contributed by atoms with Crippen LogP contribution in [0.5, 0.6) is 5.88 Å². The van der Waals surface area contributed by atoms with E-state index in [0.717, 1.165) is 5.56 Å². The molecule has 0 fully saturated rings. The van der Waals surface area contributed by atoms with Crippen LogP contribution in [-0.4, -0.2) is 22.7 Å². The second-order valence-electron chi connectivity index (χ2n) is 4.91. The second-order valence-corrected chi connectivity index (χ2v) is 4.91. The highest BCUT2D eigenvalue weighted by molar-refractivity contribution is 5.91. The zero-order chi connectivity index (χ0) is 16.8. The summed E-state index contributed by atoms with van der Waals surface area (Å²) in [5, 5.41) is 3.98. The van der Waals surface area contributed by atoms with E-state index >= 15 is 0 Å². The molecule has 0 aliphatic rings. The Hall–Kier alpha value is -3.15. The lowest BCUT2D eigenvalue weighted by atomic mass is 10.1. The molecule has 0 amide bonds. The van der Waals surface area contributed by atoms with E-state index in [1.807, 2.05) is 37.3 Å². The molecule has 2 aromatic heterocycles. The standard InChI is InChI=1S/C18H16N2O4/c1-2-22-17-15(9-6-10-19-17)18(21)23-12-14-11-16(20-24-14)13-7-4-3-5-8-13/h3-11H,2,12H2,1H3. The SMILES string of the molecule is CCOc1ncccc1C(=O)OCc1cc(-c2ccccc2)no1. The molecule has 3 rings (SSSR count). The van der Waals surface area contributed by atoms with Crippen molar-refractivity contribution in [3.63, 3.8) is 0 Å². The summed E-state index contributed by atoms with van der Waals surface area (Å²) in [6.45, 7) is 2.22. The van der Waals surface area contributed by atoms with Gasteiger partial charge in [-0.1, -0.05) is 35.5 Å². The summed E-state index contributed by atoms with van der Waals surface area (Å²) in [4.78, 5) is 16.2. The monoisotopic (exact) mass is 324 g/mol. The molecule has 2 heterocycles. The van der Waals surface area contributed by atoms with Gasteiger partial charge in [-0.05, 0) is 19.1 Å². The van der Waals surface area contributed by atoms with Crippen LogP contribution in [-0.2, 0) is 11.3 Å². The molecular formula is C18H16N2O4. The molecule has 0 atom stereocenters. The van der Waals surface area contributed by atoms with Gasteiger partial charge in [0.05, 0.1) is 6.61 Å². The lowest BCUT2D eigenvalue weighted by Crippen LogP contribution is -2.09. The van der Waals surface area contributed by atoms with Crippen LogP contribution in [0.2, 0.25) is 0 Å². The number of esters is 1. The molecule has 0 radical (unpaired) electrons. The van der Waals surface area contributed by atoms with E-state index in [-0.39, 0.29) is 18.1 Å². The predicted octanol–water partition coefficient (Wildman–Crippen LogP) is 3.49. The Kier molecular flexibility index (Phi) is 4.86. The largest absolute Gasteiger partial charge is 0.477 e. The van der Waals surface area contributed by atoms with Crippen LogP contribution in [0.4, 0.5) is 0 Å². The first-order valence-electron chi connectivity index (χ1n) is 7.54. The van der Waals surface area contributed by atoms with Gasteiger partial charge in [-0.3, -0.25) is 0 Å². The Labute approximate surface area is 139 Å². The lowest BCUT2D eigenvalue weighted by Gasteiger charge is -2.07. The fourth-order valence-electron chi connectivity index (χ4n) is 2.14. The quantitative estimate of drug-likeness (QED) is 0.646. The van der Waals surface area contributed by atoms with Gasteiger partial charge in [0.1, 0.15) is 11.3 Å². The summed E-state index contributed by atoms with van der Waals surface area (Å²) in [5.41, 5.74) is 1.91. The Morgan fingerprint density at radius 1 is 1.17 bits per heavy atom. The minimum atomic E-state index is -0.524. The summed E-state index contributed by atoms with van der Waals surface area (Å²) < 4.78 is 15.8.